The molecule has 1 aliphatic rings. The number of amides is 1. The van der Waals surface area contributed by atoms with E-state index in [0.717, 1.165) is 13.0 Å². The van der Waals surface area contributed by atoms with Crippen LogP contribution in [0.2, 0.25) is 0 Å². The molecule has 1 aliphatic heterocycles. The maximum Gasteiger partial charge on any atom is 0.234 e. The normalized spacial score (nSPS) is 27.3. The van der Waals surface area contributed by atoms with Crippen LogP contribution < -0.4 is 5.32 Å². The van der Waals surface area contributed by atoms with Gasteiger partial charge < -0.3 is 10.1 Å². The predicted octanol–water partition coefficient (Wildman–Crippen LogP) is 1.70. The molecule has 0 bridgehead atoms. The molecule has 82 valence electrons. The fraction of sp³-hybridized carbons (Fsp3) is 0.900. The van der Waals surface area contributed by atoms with Crippen LogP contribution in [-0.4, -0.2) is 30.0 Å². The van der Waals surface area contributed by atoms with E-state index in [2.05, 4.69) is 35.1 Å². The molecule has 1 rings (SSSR count). The number of ether oxygens (including phenoxy) is 1. The van der Waals surface area contributed by atoms with E-state index in [1.54, 1.807) is 0 Å². The molecule has 1 fully saturated rings. The molecule has 0 aromatic carbocycles. The number of halogens is 1. The SMILES string of the molecule is CCC(Br)C(=O)NC1COCC1(C)C. The van der Waals surface area contributed by atoms with Crippen LogP contribution in [0.15, 0.2) is 0 Å². The second-order valence-electron chi connectivity index (χ2n) is 4.44. The number of hydrogen-bond donors (Lipinski definition) is 1. The maximum atomic E-state index is 11.6. The molecule has 0 aliphatic carbocycles. The van der Waals surface area contributed by atoms with Crippen molar-refractivity contribution in [2.45, 2.75) is 38.1 Å². The Morgan fingerprint density at radius 2 is 2.36 bits per heavy atom. The predicted molar refractivity (Wildman–Crippen MR) is 59.5 cm³/mol. The van der Waals surface area contributed by atoms with Gasteiger partial charge in [-0.3, -0.25) is 4.79 Å². The van der Waals surface area contributed by atoms with Gasteiger partial charge in [-0.1, -0.05) is 36.7 Å². The number of hydrogen-bond acceptors (Lipinski definition) is 2. The highest BCUT2D eigenvalue weighted by atomic mass is 79.9. The third kappa shape index (κ3) is 2.70. The molecule has 1 amide bonds. The van der Waals surface area contributed by atoms with Crippen molar-refractivity contribution in [3.63, 3.8) is 0 Å². The van der Waals surface area contributed by atoms with Crippen LogP contribution in [0.3, 0.4) is 0 Å². The summed E-state index contributed by atoms with van der Waals surface area (Å²) in [5, 5.41) is 3.01. The van der Waals surface area contributed by atoms with Crippen molar-refractivity contribution in [2.75, 3.05) is 13.2 Å². The van der Waals surface area contributed by atoms with Crippen LogP contribution in [0.5, 0.6) is 0 Å². The van der Waals surface area contributed by atoms with E-state index < -0.39 is 0 Å². The molecule has 2 atom stereocenters. The van der Waals surface area contributed by atoms with Gasteiger partial charge in [0.05, 0.1) is 24.1 Å². The van der Waals surface area contributed by atoms with Crippen LogP contribution in [-0.2, 0) is 9.53 Å². The minimum absolute atomic E-state index is 0.0517. The summed E-state index contributed by atoms with van der Waals surface area (Å²) in [6, 6.07) is 0.140. The quantitative estimate of drug-likeness (QED) is 0.788. The monoisotopic (exact) mass is 263 g/mol. The summed E-state index contributed by atoms with van der Waals surface area (Å²) in [7, 11) is 0. The highest BCUT2D eigenvalue weighted by Gasteiger charge is 2.37. The van der Waals surface area contributed by atoms with Crippen molar-refractivity contribution in [3.8, 4) is 0 Å². The molecule has 4 heteroatoms. The molecule has 1 heterocycles. The molecule has 14 heavy (non-hydrogen) atoms. The Morgan fingerprint density at radius 1 is 1.71 bits per heavy atom. The summed E-state index contributed by atoms with van der Waals surface area (Å²) in [5.41, 5.74) is 0.0517. The Morgan fingerprint density at radius 3 is 2.79 bits per heavy atom. The van der Waals surface area contributed by atoms with E-state index in [0.29, 0.717) is 6.61 Å². The first-order valence-electron chi connectivity index (χ1n) is 4.99. The van der Waals surface area contributed by atoms with E-state index in [4.69, 9.17) is 4.74 Å². The van der Waals surface area contributed by atoms with Crippen LogP contribution >= 0.6 is 15.9 Å². The van der Waals surface area contributed by atoms with Gasteiger partial charge in [0.25, 0.3) is 0 Å². The molecule has 3 nitrogen and oxygen atoms in total. The van der Waals surface area contributed by atoms with E-state index in [9.17, 15) is 4.79 Å². The third-order valence-corrected chi connectivity index (χ3v) is 3.72. The Kier molecular flexibility index (Phi) is 3.95. The summed E-state index contributed by atoms with van der Waals surface area (Å²) in [6.45, 7) is 7.55. The van der Waals surface area contributed by atoms with Gasteiger partial charge in [-0.05, 0) is 6.42 Å². The highest BCUT2D eigenvalue weighted by Crippen LogP contribution is 2.27. The lowest BCUT2D eigenvalue weighted by Gasteiger charge is -2.26. The lowest BCUT2D eigenvalue weighted by atomic mass is 9.88. The van der Waals surface area contributed by atoms with Crippen molar-refractivity contribution >= 4 is 21.8 Å². The van der Waals surface area contributed by atoms with E-state index >= 15 is 0 Å². The van der Waals surface area contributed by atoms with Crippen molar-refractivity contribution < 1.29 is 9.53 Å². The lowest BCUT2D eigenvalue weighted by Crippen LogP contribution is -2.46. The fourth-order valence-corrected chi connectivity index (χ4v) is 1.58. The topological polar surface area (TPSA) is 38.3 Å². The minimum Gasteiger partial charge on any atom is -0.379 e. The van der Waals surface area contributed by atoms with Crippen molar-refractivity contribution in [1.82, 2.24) is 5.32 Å². The van der Waals surface area contributed by atoms with Gasteiger partial charge in [-0.15, -0.1) is 0 Å². The number of alkyl halides is 1. The summed E-state index contributed by atoms with van der Waals surface area (Å²) < 4.78 is 5.36. The number of carbonyl (C=O) groups is 1. The molecule has 2 unspecified atom stereocenters. The van der Waals surface area contributed by atoms with Gasteiger partial charge in [0.1, 0.15) is 0 Å². The zero-order chi connectivity index (χ0) is 10.8. The van der Waals surface area contributed by atoms with Gasteiger partial charge in [-0.25, -0.2) is 0 Å². The van der Waals surface area contributed by atoms with Crippen molar-refractivity contribution in [1.29, 1.82) is 0 Å². The summed E-state index contributed by atoms with van der Waals surface area (Å²) >= 11 is 3.33. The van der Waals surface area contributed by atoms with Gasteiger partial charge >= 0.3 is 0 Å². The Labute approximate surface area is 93.7 Å². The minimum atomic E-state index is -0.0844. The first-order valence-corrected chi connectivity index (χ1v) is 5.91. The van der Waals surface area contributed by atoms with Crippen LogP contribution in [0, 0.1) is 5.41 Å². The van der Waals surface area contributed by atoms with Crippen molar-refractivity contribution in [2.24, 2.45) is 5.41 Å². The van der Waals surface area contributed by atoms with Crippen LogP contribution in [0.1, 0.15) is 27.2 Å². The van der Waals surface area contributed by atoms with Gasteiger partial charge in [-0.2, -0.15) is 0 Å². The van der Waals surface area contributed by atoms with Gasteiger partial charge in [0.2, 0.25) is 5.91 Å². The average molecular weight is 264 g/mol. The Bertz CT molecular complexity index is 218. The second-order valence-corrected chi connectivity index (χ2v) is 5.55. The molecule has 0 aromatic rings. The molecular formula is C10H18BrNO2. The maximum absolute atomic E-state index is 11.6. The zero-order valence-electron chi connectivity index (χ0n) is 8.97. The lowest BCUT2D eigenvalue weighted by molar-refractivity contribution is -0.121. The Hall–Kier alpha value is -0.0900. The standard InChI is InChI=1S/C10H18BrNO2/c1-4-7(11)9(13)12-8-5-14-6-10(8,2)3/h7-8H,4-6H2,1-3H3,(H,12,13). The van der Waals surface area contributed by atoms with Gasteiger partial charge in [0, 0.05) is 5.41 Å². The average Bonchev–Trinajstić information content (AvgIpc) is 2.44. The molecule has 1 saturated heterocycles. The molecular weight excluding hydrogens is 246 g/mol. The van der Waals surface area contributed by atoms with E-state index in [1.807, 2.05) is 6.92 Å². The van der Waals surface area contributed by atoms with E-state index in [-0.39, 0.29) is 22.2 Å². The molecule has 1 N–H and O–H groups in total. The number of nitrogens with one attached hydrogen (secondary N) is 1. The summed E-state index contributed by atoms with van der Waals surface area (Å²) in [5.74, 6) is 0.0658. The highest BCUT2D eigenvalue weighted by molar-refractivity contribution is 9.10. The number of carbonyl (C=O) groups excluding carboxylic acids is 1. The van der Waals surface area contributed by atoms with E-state index in [1.165, 1.54) is 0 Å². The first kappa shape index (κ1) is 12.0. The smallest absolute Gasteiger partial charge is 0.234 e. The number of rotatable bonds is 3. The third-order valence-electron chi connectivity index (χ3n) is 2.66. The zero-order valence-corrected chi connectivity index (χ0v) is 10.6. The fourth-order valence-electron chi connectivity index (χ4n) is 1.45. The molecule has 0 radical (unpaired) electrons. The summed E-state index contributed by atoms with van der Waals surface area (Å²) in [4.78, 5) is 11.5. The summed E-state index contributed by atoms with van der Waals surface area (Å²) in [6.07, 6.45) is 0.805. The first-order chi connectivity index (χ1) is 6.47. The molecule has 0 spiro atoms. The Balaban J connectivity index is 2.48. The molecule has 0 aromatic heterocycles. The van der Waals surface area contributed by atoms with Crippen LogP contribution in [0.25, 0.3) is 0 Å². The largest absolute Gasteiger partial charge is 0.379 e. The second kappa shape index (κ2) is 4.62. The van der Waals surface area contributed by atoms with Crippen LogP contribution in [0.4, 0.5) is 0 Å². The van der Waals surface area contributed by atoms with Crippen molar-refractivity contribution in [3.05, 3.63) is 0 Å². The molecule has 0 saturated carbocycles. The van der Waals surface area contributed by atoms with Gasteiger partial charge in [0.15, 0.2) is 0 Å².